The van der Waals surface area contributed by atoms with Gasteiger partial charge < -0.3 is 59.0 Å². The van der Waals surface area contributed by atoms with Crippen molar-refractivity contribution < 1.29 is 57.4 Å². The molecule has 43 heavy (non-hydrogen) atoms. The Morgan fingerprint density at radius 3 is 1.30 bits per heavy atom. The highest BCUT2D eigenvalue weighted by atomic mass is 16.7. The van der Waals surface area contributed by atoms with Gasteiger partial charge in [0.05, 0.1) is 26.4 Å². The van der Waals surface area contributed by atoms with E-state index in [1.54, 1.807) is 62.3 Å². The van der Waals surface area contributed by atoms with E-state index in [0.717, 1.165) is 0 Å². The number of hydrogen-bond acceptors (Lipinski definition) is 12. The molecule has 1 fully saturated rings. The zero-order valence-corrected chi connectivity index (χ0v) is 27.3. The van der Waals surface area contributed by atoms with Crippen molar-refractivity contribution in [3.05, 3.63) is 0 Å². The number of hydrogen-bond donors (Lipinski definition) is 4. The van der Waals surface area contributed by atoms with Crippen molar-refractivity contribution in [1.82, 2.24) is 16.0 Å². The van der Waals surface area contributed by atoms with Gasteiger partial charge in [-0.3, -0.25) is 0 Å². The minimum Gasteiger partial charge on any atom is -0.444 e. The van der Waals surface area contributed by atoms with Gasteiger partial charge in [0, 0.05) is 26.7 Å². The van der Waals surface area contributed by atoms with Crippen LogP contribution in [-0.4, -0.2) is 124 Å². The van der Waals surface area contributed by atoms with Crippen LogP contribution < -0.4 is 16.0 Å². The molecule has 1 heterocycles. The van der Waals surface area contributed by atoms with Crippen molar-refractivity contribution in [3.63, 3.8) is 0 Å². The minimum absolute atomic E-state index is 0.0321. The summed E-state index contributed by atoms with van der Waals surface area (Å²) in [4.78, 5) is 36.1. The first-order valence-electron chi connectivity index (χ1n) is 14.4. The van der Waals surface area contributed by atoms with Crippen LogP contribution in [0.1, 0.15) is 62.3 Å². The number of ether oxygens (including phenoxy) is 8. The number of carbonyl (C=O) groups excluding carboxylic acids is 3. The van der Waals surface area contributed by atoms with Gasteiger partial charge in [0.15, 0.2) is 6.29 Å². The van der Waals surface area contributed by atoms with E-state index < -0.39 is 72.4 Å². The van der Waals surface area contributed by atoms with Crippen LogP contribution in [0.2, 0.25) is 0 Å². The van der Waals surface area contributed by atoms with Gasteiger partial charge in [-0.15, -0.1) is 0 Å². The van der Waals surface area contributed by atoms with Crippen molar-refractivity contribution in [2.75, 3.05) is 53.2 Å². The molecule has 0 spiro atoms. The smallest absolute Gasteiger partial charge is 0.407 e. The van der Waals surface area contributed by atoms with Crippen molar-refractivity contribution in [2.24, 2.45) is 0 Å². The van der Waals surface area contributed by atoms with Crippen LogP contribution in [-0.2, 0) is 37.9 Å². The molecule has 1 saturated heterocycles. The molecule has 4 N–H and O–H groups in total. The molecule has 0 aliphatic carbocycles. The maximum Gasteiger partial charge on any atom is 0.407 e. The Labute approximate surface area is 254 Å². The molecule has 1 aliphatic heterocycles. The largest absolute Gasteiger partial charge is 0.444 e. The van der Waals surface area contributed by atoms with E-state index in [-0.39, 0.29) is 39.5 Å². The Bertz CT molecular complexity index is 803. The molecule has 0 aromatic heterocycles. The Hall–Kier alpha value is -2.43. The predicted octanol–water partition coefficient (Wildman–Crippen LogP) is 2.08. The van der Waals surface area contributed by atoms with Crippen LogP contribution in [0.15, 0.2) is 0 Å². The zero-order valence-electron chi connectivity index (χ0n) is 27.3. The number of rotatable bonds is 14. The standard InChI is InChI=1S/C28H53N3O12/c1-26(2,3)41-23(33)29-11-14-37-19-18(17-32)40-22(36-10)21(39-16-13-31-25(35)43-28(7,8)9)20(19)38-15-12-30-24(34)42-27(4,5)6/h18-22,32H,11-17H2,1-10H3,(H,29,33)(H,30,34)(H,31,35)/t18-,19+,20+,21-,22-/m1/s1. The highest BCUT2D eigenvalue weighted by molar-refractivity contribution is 5.68. The molecule has 0 bridgehead atoms. The summed E-state index contributed by atoms with van der Waals surface area (Å²) in [5, 5.41) is 17.9. The van der Waals surface area contributed by atoms with Crippen LogP contribution in [0.25, 0.3) is 0 Å². The lowest BCUT2D eigenvalue weighted by atomic mass is 9.98. The molecule has 252 valence electrons. The van der Waals surface area contributed by atoms with Gasteiger partial charge in [0.2, 0.25) is 0 Å². The zero-order chi connectivity index (χ0) is 32.8. The van der Waals surface area contributed by atoms with Crippen LogP contribution in [0, 0.1) is 0 Å². The normalized spacial score (nSPS) is 22.8. The highest BCUT2D eigenvalue weighted by Gasteiger charge is 2.48. The average Bonchev–Trinajstić information content (AvgIpc) is 2.84. The van der Waals surface area contributed by atoms with Crippen LogP contribution in [0.4, 0.5) is 14.4 Å². The van der Waals surface area contributed by atoms with Gasteiger partial charge in [-0.2, -0.15) is 0 Å². The van der Waals surface area contributed by atoms with E-state index in [4.69, 9.17) is 37.9 Å². The third kappa shape index (κ3) is 16.9. The van der Waals surface area contributed by atoms with Crippen LogP contribution >= 0.6 is 0 Å². The molecule has 0 radical (unpaired) electrons. The molecule has 0 unspecified atom stereocenters. The van der Waals surface area contributed by atoms with Crippen LogP contribution in [0.5, 0.6) is 0 Å². The second-order valence-corrected chi connectivity index (χ2v) is 12.8. The maximum absolute atomic E-state index is 12.1. The number of aliphatic hydroxyl groups excluding tert-OH is 1. The molecule has 15 heteroatoms. The molecular weight excluding hydrogens is 570 g/mol. The number of methoxy groups -OCH3 is 1. The Morgan fingerprint density at radius 2 is 0.977 bits per heavy atom. The van der Waals surface area contributed by atoms with Crippen molar-refractivity contribution in [1.29, 1.82) is 0 Å². The Morgan fingerprint density at radius 1 is 0.628 bits per heavy atom. The molecule has 0 aromatic rings. The lowest BCUT2D eigenvalue weighted by Gasteiger charge is -2.45. The number of nitrogens with one attached hydrogen (secondary N) is 3. The van der Waals surface area contributed by atoms with E-state index >= 15 is 0 Å². The molecule has 1 aliphatic rings. The van der Waals surface area contributed by atoms with E-state index in [1.807, 2.05) is 0 Å². The molecular formula is C28H53N3O12. The van der Waals surface area contributed by atoms with Crippen molar-refractivity contribution in [3.8, 4) is 0 Å². The molecule has 5 atom stereocenters. The SMILES string of the molecule is CO[C@@H]1O[C@H](CO)[C@H](OCCNC(=O)OC(C)(C)C)[C@H](OCCNC(=O)OC(C)(C)C)[C@H]1OCCNC(=O)OC(C)(C)C. The summed E-state index contributed by atoms with van der Waals surface area (Å²) in [5.74, 6) is 0. The maximum atomic E-state index is 12.1. The number of aliphatic hydroxyl groups is 1. The first kappa shape index (κ1) is 38.6. The summed E-state index contributed by atoms with van der Waals surface area (Å²) >= 11 is 0. The molecule has 0 aromatic carbocycles. The third-order valence-corrected chi connectivity index (χ3v) is 5.25. The summed E-state index contributed by atoms with van der Waals surface area (Å²) in [5.41, 5.74) is -1.98. The topological polar surface area (TPSA) is 181 Å². The number of amides is 3. The molecule has 0 saturated carbocycles. The van der Waals surface area contributed by atoms with Crippen molar-refractivity contribution >= 4 is 18.3 Å². The fraction of sp³-hybridized carbons (Fsp3) is 0.893. The van der Waals surface area contributed by atoms with Gasteiger partial charge >= 0.3 is 18.3 Å². The summed E-state index contributed by atoms with van der Waals surface area (Å²) in [6, 6.07) is 0. The summed E-state index contributed by atoms with van der Waals surface area (Å²) in [6.07, 6.45) is -6.20. The fourth-order valence-electron chi connectivity index (χ4n) is 3.77. The lowest BCUT2D eigenvalue weighted by Crippen LogP contribution is -2.62. The molecule has 1 rings (SSSR count). The van der Waals surface area contributed by atoms with Gasteiger partial charge in [0.25, 0.3) is 0 Å². The van der Waals surface area contributed by atoms with Crippen LogP contribution in [0.3, 0.4) is 0 Å². The second-order valence-electron chi connectivity index (χ2n) is 12.8. The van der Waals surface area contributed by atoms with E-state index in [9.17, 15) is 19.5 Å². The minimum atomic E-state index is -0.956. The van der Waals surface area contributed by atoms with Gasteiger partial charge in [0.1, 0.15) is 41.2 Å². The first-order chi connectivity index (χ1) is 19.8. The van der Waals surface area contributed by atoms with E-state index in [1.165, 1.54) is 7.11 Å². The van der Waals surface area contributed by atoms with Gasteiger partial charge in [-0.05, 0) is 62.3 Å². The summed E-state index contributed by atoms with van der Waals surface area (Å²) in [7, 11) is 1.42. The summed E-state index contributed by atoms with van der Waals surface area (Å²) < 4.78 is 45.3. The number of carbonyl (C=O) groups is 3. The Kier molecular flexibility index (Phi) is 15.9. The van der Waals surface area contributed by atoms with Gasteiger partial charge in [-0.25, -0.2) is 14.4 Å². The van der Waals surface area contributed by atoms with Gasteiger partial charge in [-0.1, -0.05) is 0 Å². The summed E-state index contributed by atoms with van der Waals surface area (Å²) in [6.45, 7) is 15.8. The monoisotopic (exact) mass is 623 g/mol. The van der Waals surface area contributed by atoms with E-state index in [0.29, 0.717) is 0 Å². The Balaban J connectivity index is 2.94. The van der Waals surface area contributed by atoms with Crippen molar-refractivity contribution in [2.45, 2.75) is 110 Å². The number of alkyl carbamates (subject to hydrolysis) is 3. The second kappa shape index (κ2) is 17.8. The third-order valence-electron chi connectivity index (χ3n) is 5.25. The lowest BCUT2D eigenvalue weighted by molar-refractivity contribution is -0.315. The quantitative estimate of drug-likeness (QED) is 0.164. The highest BCUT2D eigenvalue weighted by Crippen LogP contribution is 2.28. The molecule has 3 amide bonds. The molecule has 15 nitrogen and oxygen atoms in total. The average molecular weight is 624 g/mol. The predicted molar refractivity (Wildman–Crippen MR) is 155 cm³/mol. The van der Waals surface area contributed by atoms with E-state index in [2.05, 4.69) is 16.0 Å². The first-order valence-corrected chi connectivity index (χ1v) is 14.4. The fourth-order valence-corrected chi connectivity index (χ4v) is 3.77.